The van der Waals surface area contributed by atoms with Crippen molar-refractivity contribution in [1.82, 2.24) is 24.1 Å². The van der Waals surface area contributed by atoms with Crippen LogP contribution in [0, 0.1) is 5.92 Å². The van der Waals surface area contributed by atoms with Crippen LogP contribution < -0.4 is 20.7 Å². The molecular weight excluding hydrogens is 721 g/mol. The number of aromatic nitrogens is 4. The van der Waals surface area contributed by atoms with Crippen molar-refractivity contribution in [3.8, 4) is 0 Å². The van der Waals surface area contributed by atoms with Crippen molar-refractivity contribution in [2.75, 3.05) is 61.1 Å². The van der Waals surface area contributed by atoms with Gasteiger partial charge in [-0.3, -0.25) is 19.2 Å². The molecule has 8 rings (SSSR count). The van der Waals surface area contributed by atoms with E-state index >= 15 is 0 Å². The zero-order valence-corrected chi connectivity index (χ0v) is 29.0. The molecular formula is C35H34ClF3N8O6. The molecule has 1 N–H and O–H groups in total. The van der Waals surface area contributed by atoms with E-state index in [-0.39, 0.29) is 66.8 Å². The highest BCUT2D eigenvalue weighted by molar-refractivity contribution is 6.33. The van der Waals surface area contributed by atoms with Crippen LogP contribution in [0.5, 0.6) is 0 Å². The molecule has 2 aromatic heterocycles. The van der Waals surface area contributed by atoms with Crippen molar-refractivity contribution >= 4 is 52.4 Å². The third-order valence-corrected chi connectivity index (χ3v) is 10.7. The number of hydrogen-bond donors (Lipinski definition) is 1. The first-order valence-corrected chi connectivity index (χ1v) is 17.6. The van der Waals surface area contributed by atoms with Gasteiger partial charge in [-0.2, -0.15) is 22.7 Å². The van der Waals surface area contributed by atoms with E-state index in [0.29, 0.717) is 50.5 Å². The number of benzene rings is 2. The molecule has 4 aliphatic heterocycles. The van der Waals surface area contributed by atoms with E-state index < -0.39 is 41.3 Å². The van der Waals surface area contributed by atoms with Crippen LogP contribution in [0.3, 0.4) is 0 Å². The fourth-order valence-corrected chi connectivity index (χ4v) is 7.87. The summed E-state index contributed by atoms with van der Waals surface area (Å²) in [5.74, 6) is -1.59. The number of piperidine rings is 1. The molecule has 18 heteroatoms. The highest BCUT2D eigenvalue weighted by atomic mass is 35.5. The number of anilines is 3. The molecule has 278 valence electrons. The van der Waals surface area contributed by atoms with E-state index in [9.17, 15) is 32.3 Å². The second kappa shape index (κ2) is 13.4. The van der Waals surface area contributed by atoms with Crippen molar-refractivity contribution in [2.45, 2.75) is 44.2 Å². The topological polar surface area (TPSA) is 144 Å². The number of halogens is 4. The minimum absolute atomic E-state index is 0.0220. The summed E-state index contributed by atoms with van der Waals surface area (Å²) in [6.45, 7) is 2.31. The standard InChI is InChI=1S/C35H34ClF3N8O6/c36-24-18-21(35(37,38)39)6-7-25(24)40-27(48)19-46-26-20-53-34(28(26)31(51)47-33(46)41-32(42-47)44-14-16-52-17-15-44)9-12-43(13-10-34)29(49)23-8-11-45(30(23)50)22-4-2-1-3-5-22/h1-7,18,23H,8-17,19-20H2,(H,40,48). The summed E-state index contributed by atoms with van der Waals surface area (Å²) < 4.78 is 54.2. The molecule has 3 amide bonds. The molecule has 4 aromatic rings. The predicted octanol–water partition coefficient (Wildman–Crippen LogP) is 3.44. The van der Waals surface area contributed by atoms with Gasteiger partial charge in [-0.1, -0.05) is 29.8 Å². The zero-order valence-electron chi connectivity index (χ0n) is 28.3. The fourth-order valence-electron chi connectivity index (χ4n) is 7.64. The molecule has 0 aliphatic carbocycles. The van der Waals surface area contributed by atoms with Crippen LogP contribution in [0.25, 0.3) is 5.78 Å². The summed E-state index contributed by atoms with van der Waals surface area (Å²) in [5.41, 5.74) is -1.11. The van der Waals surface area contributed by atoms with Gasteiger partial charge >= 0.3 is 6.18 Å². The summed E-state index contributed by atoms with van der Waals surface area (Å²) >= 11 is 6.12. The number of morpholine rings is 1. The molecule has 3 saturated heterocycles. The number of para-hydroxylation sites is 1. The van der Waals surface area contributed by atoms with Crippen molar-refractivity contribution in [2.24, 2.45) is 5.92 Å². The monoisotopic (exact) mass is 754 g/mol. The zero-order chi connectivity index (χ0) is 37.1. The van der Waals surface area contributed by atoms with Crippen molar-refractivity contribution in [3.05, 3.63) is 80.7 Å². The maximum absolute atomic E-state index is 14.3. The maximum atomic E-state index is 14.3. The summed E-state index contributed by atoms with van der Waals surface area (Å²) in [5, 5.41) is 6.83. The number of carbonyl (C=O) groups is 3. The third kappa shape index (κ3) is 6.29. The Labute approximate surface area is 305 Å². The molecule has 1 spiro atoms. The number of rotatable bonds is 6. The highest BCUT2D eigenvalue weighted by Gasteiger charge is 2.49. The van der Waals surface area contributed by atoms with Crippen LogP contribution >= 0.6 is 11.6 Å². The van der Waals surface area contributed by atoms with Gasteiger partial charge < -0.3 is 34.1 Å². The summed E-state index contributed by atoms with van der Waals surface area (Å²) in [6, 6.07) is 11.8. The normalized spacial score (nSPS) is 20.0. The first-order valence-electron chi connectivity index (χ1n) is 17.2. The summed E-state index contributed by atoms with van der Waals surface area (Å²) in [4.78, 5) is 64.6. The lowest BCUT2D eigenvalue weighted by atomic mass is 9.85. The Morgan fingerprint density at radius 3 is 2.43 bits per heavy atom. The molecule has 1 atom stereocenters. The lowest BCUT2D eigenvalue weighted by Crippen LogP contribution is -2.49. The molecule has 6 heterocycles. The molecule has 3 fully saturated rings. The summed E-state index contributed by atoms with van der Waals surface area (Å²) in [7, 11) is 0. The highest BCUT2D eigenvalue weighted by Crippen LogP contribution is 2.43. The Morgan fingerprint density at radius 1 is 1.00 bits per heavy atom. The molecule has 0 bridgehead atoms. The Hall–Kier alpha value is -5.00. The molecule has 1 unspecified atom stereocenters. The van der Waals surface area contributed by atoms with Crippen LogP contribution in [0.15, 0.2) is 53.3 Å². The van der Waals surface area contributed by atoms with E-state index in [1.165, 1.54) is 4.57 Å². The van der Waals surface area contributed by atoms with Gasteiger partial charge in [0.15, 0.2) is 0 Å². The SMILES string of the molecule is O=C(Cn1c2c(c(=O)n3nc(N4CCOCC4)nc13)C1(CCN(C(=O)C3CCN(c4ccccc4)C3=O)CC1)OC2)Nc1ccc(C(F)(F)F)cc1Cl. The molecule has 0 radical (unpaired) electrons. The lowest BCUT2D eigenvalue weighted by molar-refractivity contribution is -0.145. The van der Waals surface area contributed by atoms with Gasteiger partial charge in [-0.15, -0.1) is 5.10 Å². The largest absolute Gasteiger partial charge is 0.416 e. The van der Waals surface area contributed by atoms with Crippen LogP contribution in [-0.4, -0.2) is 87.7 Å². The van der Waals surface area contributed by atoms with Gasteiger partial charge in [0.2, 0.25) is 29.4 Å². The van der Waals surface area contributed by atoms with Gasteiger partial charge in [-0.05, 0) is 49.6 Å². The average molecular weight is 755 g/mol. The van der Waals surface area contributed by atoms with Crippen molar-refractivity contribution in [1.29, 1.82) is 0 Å². The van der Waals surface area contributed by atoms with Crippen LogP contribution in [0.2, 0.25) is 5.02 Å². The van der Waals surface area contributed by atoms with Crippen LogP contribution in [0.1, 0.15) is 36.1 Å². The Bertz CT molecular complexity index is 2160. The minimum Gasteiger partial charge on any atom is -0.378 e. The average Bonchev–Trinajstić information content (AvgIpc) is 3.87. The second-order valence-electron chi connectivity index (χ2n) is 13.5. The predicted molar refractivity (Wildman–Crippen MR) is 185 cm³/mol. The Balaban J connectivity index is 1.07. The van der Waals surface area contributed by atoms with Gasteiger partial charge in [0, 0.05) is 38.4 Å². The Morgan fingerprint density at radius 2 is 1.74 bits per heavy atom. The third-order valence-electron chi connectivity index (χ3n) is 10.4. The van der Waals surface area contributed by atoms with Gasteiger partial charge in [0.05, 0.1) is 47.4 Å². The fraction of sp³-hybridized carbons (Fsp3) is 0.429. The van der Waals surface area contributed by atoms with E-state index in [4.69, 9.17) is 21.1 Å². The number of nitrogens with one attached hydrogen (secondary N) is 1. The number of fused-ring (bicyclic) bond motifs is 3. The van der Waals surface area contributed by atoms with Crippen molar-refractivity contribution in [3.63, 3.8) is 0 Å². The van der Waals surface area contributed by atoms with E-state index in [1.807, 2.05) is 35.2 Å². The first kappa shape index (κ1) is 35.1. The number of hydrogen-bond acceptors (Lipinski definition) is 9. The molecule has 2 aromatic carbocycles. The lowest BCUT2D eigenvalue weighted by Gasteiger charge is -2.39. The second-order valence-corrected chi connectivity index (χ2v) is 13.9. The van der Waals surface area contributed by atoms with E-state index in [0.717, 1.165) is 28.4 Å². The first-order chi connectivity index (χ1) is 25.4. The number of nitrogens with zero attached hydrogens (tertiary/aromatic N) is 7. The molecule has 4 aliphatic rings. The number of likely N-dealkylation sites (tertiary alicyclic amines) is 1. The smallest absolute Gasteiger partial charge is 0.378 e. The van der Waals surface area contributed by atoms with Crippen molar-refractivity contribution < 1.29 is 37.0 Å². The molecule has 53 heavy (non-hydrogen) atoms. The summed E-state index contributed by atoms with van der Waals surface area (Å²) in [6.07, 6.45) is -3.70. The molecule has 0 saturated carbocycles. The van der Waals surface area contributed by atoms with E-state index in [2.05, 4.69) is 15.4 Å². The van der Waals surface area contributed by atoms with Crippen LogP contribution in [-0.2, 0) is 48.8 Å². The van der Waals surface area contributed by atoms with Gasteiger partial charge in [0.1, 0.15) is 18.1 Å². The maximum Gasteiger partial charge on any atom is 0.416 e. The number of amides is 3. The number of ether oxygens (including phenoxy) is 2. The van der Waals surface area contributed by atoms with Gasteiger partial charge in [-0.25, -0.2) is 0 Å². The van der Waals surface area contributed by atoms with E-state index in [1.54, 1.807) is 9.80 Å². The van der Waals surface area contributed by atoms with Gasteiger partial charge in [0.25, 0.3) is 5.56 Å². The quantitative estimate of drug-likeness (QED) is 0.293. The number of carbonyl (C=O) groups excluding carboxylic acids is 3. The Kier molecular flexibility index (Phi) is 8.89. The minimum atomic E-state index is -4.61. The number of alkyl halides is 3. The van der Waals surface area contributed by atoms with Crippen LogP contribution in [0.4, 0.5) is 30.5 Å². The molecule has 14 nitrogen and oxygen atoms in total.